The molecule has 3 rings (SSSR count). The van der Waals surface area contributed by atoms with Crippen molar-refractivity contribution in [2.24, 2.45) is 0 Å². The molecule has 0 saturated carbocycles. The number of thiophene rings is 1. The van der Waals surface area contributed by atoms with Gasteiger partial charge in [0.1, 0.15) is 17.4 Å². The maximum absolute atomic E-state index is 12.0. The van der Waals surface area contributed by atoms with E-state index in [1.165, 1.54) is 11.3 Å². The van der Waals surface area contributed by atoms with Crippen LogP contribution in [0.5, 0.6) is 11.5 Å². The fourth-order valence-electron chi connectivity index (χ4n) is 2.29. The van der Waals surface area contributed by atoms with Crippen LogP contribution in [-0.2, 0) is 4.79 Å². The van der Waals surface area contributed by atoms with Crippen molar-refractivity contribution < 1.29 is 24.5 Å². The van der Waals surface area contributed by atoms with Crippen molar-refractivity contribution >= 4 is 55.0 Å². The summed E-state index contributed by atoms with van der Waals surface area (Å²) in [5, 5.41) is 22.5. The Morgan fingerprint density at radius 1 is 1.42 bits per heavy atom. The fourth-order valence-corrected chi connectivity index (χ4v) is 3.80. The Kier molecular flexibility index (Phi) is 4.16. The van der Waals surface area contributed by atoms with Crippen molar-refractivity contribution in [3.63, 3.8) is 0 Å². The summed E-state index contributed by atoms with van der Waals surface area (Å²) in [7, 11) is 1.55. The van der Waals surface area contributed by atoms with Crippen molar-refractivity contribution in [3.05, 3.63) is 29.0 Å². The van der Waals surface area contributed by atoms with E-state index < -0.39 is 18.4 Å². The molecule has 0 bridgehead atoms. The fraction of sp³-hybridized carbons (Fsp3) is 0.133. The second-order valence-corrected chi connectivity index (χ2v) is 6.25. The van der Waals surface area contributed by atoms with E-state index in [1.54, 1.807) is 25.3 Å². The molecule has 3 aromatic rings. The first kappa shape index (κ1) is 16.3. The smallest absolute Gasteiger partial charge is 0.322 e. The summed E-state index contributed by atoms with van der Waals surface area (Å²) in [6.45, 7) is -0.584. The Hall–Kier alpha value is -2.58. The van der Waals surface area contributed by atoms with Crippen molar-refractivity contribution in [2.75, 3.05) is 13.7 Å². The predicted octanol–water partition coefficient (Wildman–Crippen LogP) is 2.63. The number of benzene rings is 1. The number of hydrogen-bond acceptors (Lipinski definition) is 6. The van der Waals surface area contributed by atoms with Crippen LogP contribution < -0.4 is 10.1 Å². The number of carbonyl (C=O) groups is 2. The summed E-state index contributed by atoms with van der Waals surface area (Å²) in [6.07, 6.45) is 0. The number of nitrogens with one attached hydrogen (secondary N) is 1. The molecule has 0 unspecified atom stereocenters. The van der Waals surface area contributed by atoms with E-state index in [4.69, 9.17) is 21.4 Å². The third kappa shape index (κ3) is 2.70. The molecule has 1 amide bonds. The molecular formula is C15H11ClN2O5S. The van der Waals surface area contributed by atoms with E-state index in [1.807, 2.05) is 0 Å². The Morgan fingerprint density at radius 3 is 2.83 bits per heavy atom. The molecule has 124 valence electrons. The van der Waals surface area contributed by atoms with E-state index in [0.717, 1.165) is 10.1 Å². The number of fused-ring (bicyclic) bond motifs is 3. The van der Waals surface area contributed by atoms with Crippen LogP contribution in [0.4, 0.5) is 0 Å². The number of nitrogens with zero attached hydrogens (tertiary/aromatic N) is 1. The number of hydrogen-bond donors (Lipinski definition) is 3. The number of aromatic nitrogens is 1. The molecule has 24 heavy (non-hydrogen) atoms. The first-order valence-electron chi connectivity index (χ1n) is 6.71. The van der Waals surface area contributed by atoms with Crippen molar-refractivity contribution in [1.29, 1.82) is 0 Å². The summed E-state index contributed by atoms with van der Waals surface area (Å²) in [4.78, 5) is 26.5. The molecule has 0 spiro atoms. The number of carboxylic acid groups (broad SMARTS) is 1. The van der Waals surface area contributed by atoms with Crippen LogP contribution in [0.1, 0.15) is 10.5 Å². The Morgan fingerprint density at radius 2 is 2.17 bits per heavy atom. The summed E-state index contributed by atoms with van der Waals surface area (Å²) < 4.78 is 6.38. The Balaban J connectivity index is 2.18. The number of methoxy groups -OCH3 is 1. The minimum absolute atomic E-state index is 0.0553. The molecule has 3 N–H and O–H groups in total. The topological polar surface area (TPSA) is 109 Å². The van der Waals surface area contributed by atoms with Crippen LogP contribution in [0, 0.1) is 0 Å². The minimum Gasteiger partial charge on any atom is -0.504 e. The monoisotopic (exact) mass is 366 g/mol. The zero-order valence-electron chi connectivity index (χ0n) is 12.3. The van der Waals surface area contributed by atoms with Gasteiger partial charge in [-0.3, -0.25) is 9.59 Å². The number of carboxylic acids is 1. The van der Waals surface area contributed by atoms with Crippen molar-refractivity contribution in [3.8, 4) is 11.5 Å². The normalized spacial score (nSPS) is 10.9. The van der Waals surface area contributed by atoms with Gasteiger partial charge < -0.3 is 20.3 Å². The van der Waals surface area contributed by atoms with Crippen LogP contribution in [0.2, 0.25) is 5.15 Å². The molecule has 0 atom stereocenters. The first-order valence-corrected chi connectivity index (χ1v) is 7.90. The zero-order valence-corrected chi connectivity index (χ0v) is 13.9. The molecular weight excluding hydrogens is 356 g/mol. The third-order valence-electron chi connectivity index (χ3n) is 3.37. The van der Waals surface area contributed by atoms with Crippen LogP contribution in [0.15, 0.2) is 18.2 Å². The average Bonchev–Trinajstić information content (AvgIpc) is 2.95. The van der Waals surface area contributed by atoms with E-state index in [0.29, 0.717) is 15.8 Å². The lowest BCUT2D eigenvalue weighted by Crippen LogP contribution is -2.30. The van der Waals surface area contributed by atoms with Crippen LogP contribution in [0.3, 0.4) is 0 Å². The summed E-state index contributed by atoms with van der Waals surface area (Å²) in [5.41, 5.74) is -0.313. The molecule has 0 aliphatic rings. The molecule has 2 heterocycles. The van der Waals surface area contributed by atoms with Gasteiger partial charge in [0.25, 0.3) is 5.91 Å². The molecule has 1 aromatic carbocycles. The number of aromatic hydroxyl groups is 1. The lowest BCUT2D eigenvalue weighted by atomic mass is 10.1. The van der Waals surface area contributed by atoms with Gasteiger partial charge in [-0.05, 0) is 18.2 Å². The summed E-state index contributed by atoms with van der Waals surface area (Å²) in [5.74, 6) is -1.70. The van der Waals surface area contributed by atoms with Gasteiger partial charge in [-0.1, -0.05) is 11.6 Å². The number of carbonyl (C=O) groups excluding carboxylic acids is 1. The molecule has 0 radical (unpaired) electrons. The molecule has 0 aliphatic carbocycles. The zero-order chi connectivity index (χ0) is 17.4. The predicted molar refractivity (Wildman–Crippen MR) is 90.3 cm³/mol. The van der Waals surface area contributed by atoms with E-state index in [9.17, 15) is 14.7 Å². The highest BCUT2D eigenvalue weighted by Crippen LogP contribution is 2.43. The highest BCUT2D eigenvalue weighted by molar-refractivity contribution is 7.26. The van der Waals surface area contributed by atoms with Crippen molar-refractivity contribution in [1.82, 2.24) is 10.3 Å². The number of amides is 1. The van der Waals surface area contributed by atoms with Gasteiger partial charge in [0, 0.05) is 15.5 Å². The van der Waals surface area contributed by atoms with E-state index in [-0.39, 0.29) is 16.6 Å². The molecule has 0 fully saturated rings. The summed E-state index contributed by atoms with van der Waals surface area (Å²) >= 11 is 7.43. The average molecular weight is 367 g/mol. The standard InChI is InChI=1S/C15H11ClN2O5S/c1-23-6-2-3-7-8(4-6)24-13-10(7)14(16)18-11(12(13)21)15(22)17-5-9(19)20/h2-4,21H,5H2,1H3,(H,17,22)(H,19,20). The number of aliphatic carboxylic acids is 1. The van der Waals surface area contributed by atoms with Gasteiger partial charge >= 0.3 is 5.97 Å². The van der Waals surface area contributed by atoms with Gasteiger partial charge in [-0.25, -0.2) is 4.98 Å². The van der Waals surface area contributed by atoms with Crippen LogP contribution in [-0.4, -0.2) is 40.7 Å². The Labute approximate surface area is 144 Å². The largest absolute Gasteiger partial charge is 0.504 e. The Bertz CT molecular complexity index is 985. The second kappa shape index (κ2) is 6.14. The van der Waals surface area contributed by atoms with Crippen molar-refractivity contribution in [2.45, 2.75) is 0 Å². The highest BCUT2D eigenvalue weighted by Gasteiger charge is 2.22. The quantitative estimate of drug-likeness (QED) is 0.612. The highest BCUT2D eigenvalue weighted by atomic mass is 35.5. The molecule has 7 nitrogen and oxygen atoms in total. The lowest BCUT2D eigenvalue weighted by molar-refractivity contribution is -0.135. The third-order valence-corrected chi connectivity index (χ3v) is 4.80. The lowest BCUT2D eigenvalue weighted by Gasteiger charge is -2.06. The van der Waals surface area contributed by atoms with Gasteiger partial charge in [0.05, 0.1) is 11.8 Å². The maximum Gasteiger partial charge on any atom is 0.322 e. The van der Waals surface area contributed by atoms with Gasteiger partial charge in [0.2, 0.25) is 0 Å². The summed E-state index contributed by atoms with van der Waals surface area (Å²) in [6, 6.07) is 5.35. The van der Waals surface area contributed by atoms with Gasteiger partial charge in [-0.2, -0.15) is 0 Å². The van der Waals surface area contributed by atoms with Gasteiger partial charge in [-0.15, -0.1) is 11.3 Å². The van der Waals surface area contributed by atoms with Crippen LogP contribution >= 0.6 is 22.9 Å². The number of pyridine rings is 1. The SMILES string of the molecule is COc1ccc2c(c1)sc1c(O)c(C(=O)NCC(=O)O)nc(Cl)c12. The maximum atomic E-state index is 12.0. The number of halogens is 1. The molecule has 2 aromatic heterocycles. The molecule has 9 heteroatoms. The van der Waals surface area contributed by atoms with E-state index >= 15 is 0 Å². The molecule has 0 aliphatic heterocycles. The van der Waals surface area contributed by atoms with Crippen LogP contribution in [0.25, 0.3) is 20.2 Å². The second-order valence-electron chi connectivity index (χ2n) is 4.84. The molecule has 0 saturated heterocycles. The first-order chi connectivity index (χ1) is 11.4. The van der Waals surface area contributed by atoms with Gasteiger partial charge in [0.15, 0.2) is 11.4 Å². The van der Waals surface area contributed by atoms with E-state index in [2.05, 4.69) is 10.3 Å². The number of ether oxygens (including phenoxy) is 1. The minimum atomic E-state index is -1.20. The number of rotatable bonds is 4.